The zero-order valence-corrected chi connectivity index (χ0v) is 21.5. The van der Waals surface area contributed by atoms with E-state index in [-0.39, 0.29) is 5.91 Å². The van der Waals surface area contributed by atoms with Crippen molar-refractivity contribution in [3.8, 4) is 21.9 Å². The number of benzene rings is 3. The number of hydrogen-bond acceptors (Lipinski definition) is 4. The molecular weight excluding hydrogens is 546 g/mol. The Labute approximate surface area is 224 Å². The summed E-state index contributed by atoms with van der Waals surface area (Å²) < 4.78 is 6.83. The monoisotopic (exact) mass is 558 g/mol. The molecule has 0 aliphatic carbocycles. The van der Waals surface area contributed by atoms with Crippen molar-refractivity contribution in [2.45, 2.75) is 0 Å². The maximum Gasteiger partial charge on any atom is 0.248 e. The van der Waals surface area contributed by atoms with Crippen molar-refractivity contribution < 1.29 is 9.21 Å². The van der Waals surface area contributed by atoms with Crippen molar-refractivity contribution in [1.82, 2.24) is 4.98 Å². The number of anilines is 1. The van der Waals surface area contributed by atoms with Crippen molar-refractivity contribution in [1.29, 1.82) is 0 Å². The highest BCUT2D eigenvalue weighted by molar-refractivity contribution is 7.21. The number of amides is 1. The summed E-state index contributed by atoms with van der Waals surface area (Å²) >= 11 is 26.6. The summed E-state index contributed by atoms with van der Waals surface area (Å²) in [5.74, 6) is 0.630. The fraction of sp³-hybridized carbons (Fsp3) is 0. The molecule has 0 fully saturated rings. The normalized spacial score (nSPS) is 11.4. The summed E-state index contributed by atoms with van der Waals surface area (Å²) in [4.78, 5) is 17.2. The molecule has 0 saturated heterocycles. The SMILES string of the molecule is O=C(C=Cc1ccc(-c2cccc(Cl)c2Cl)o1)Nc1cc(-c2nc3ccccc3s2)c(Cl)cc1Cl. The van der Waals surface area contributed by atoms with Crippen LogP contribution in [0.25, 0.3) is 38.2 Å². The maximum absolute atomic E-state index is 12.6. The standard InChI is InChI=1S/C26H14Cl4N2O2S/c27-17-5-3-4-15(25(17)30)22-10-8-14(34-22)9-11-24(33)31-21-12-16(18(28)13-19(21)29)26-32-20-6-1-2-7-23(20)35-26/h1-13H,(H,31,33). The van der Waals surface area contributed by atoms with Gasteiger partial charge in [-0.1, -0.05) is 64.6 Å². The van der Waals surface area contributed by atoms with Crippen molar-refractivity contribution in [3.05, 3.63) is 98.7 Å². The molecule has 5 rings (SSSR count). The first kappa shape index (κ1) is 23.9. The van der Waals surface area contributed by atoms with Gasteiger partial charge in [-0.3, -0.25) is 4.79 Å². The molecule has 2 aromatic heterocycles. The number of fused-ring (bicyclic) bond motifs is 1. The molecule has 5 aromatic rings. The number of rotatable bonds is 5. The van der Waals surface area contributed by atoms with Crippen LogP contribution in [0.3, 0.4) is 0 Å². The van der Waals surface area contributed by atoms with Gasteiger partial charge in [0.2, 0.25) is 5.91 Å². The number of nitrogens with zero attached hydrogens (tertiary/aromatic N) is 1. The second-order valence-corrected chi connectivity index (χ2v) is 10.1. The van der Waals surface area contributed by atoms with E-state index in [1.165, 1.54) is 17.4 Å². The zero-order valence-electron chi connectivity index (χ0n) is 17.7. The molecule has 0 aliphatic heterocycles. The van der Waals surface area contributed by atoms with Crippen LogP contribution in [0.1, 0.15) is 5.76 Å². The summed E-state index contributed by atoms with van der Waals surface area (Å²) in [6, 6.07) is 19.9. The summed E-state index contributed by atoms with van der Waals surface area (Å²) in [7, 11) is 0. The van der Waals surface area contributed by atoms with Gasteiger partial charge in [-0.05, 0) is 54.6 Å². The molecule has 0 unspecified atom stereocenters. The fourth-order valence-electron chi connectivity index (χ4n) is 3.41. The number of aromatic nitrogens is 1. The van der Waals surface area contributed by atoms with Crippen LogP contribution in [0.5, 0.6) is 0 Å². The quantitative estimate of drug-likeness (QED) is 0.218. The lowest BCUT2D eigenvalue weighted by Crippen LogP contribution is -2.08. The van der Waals surface area contributed by atoms with E-state index in [9.17, 15) is 4.79 Å². The third kappa shape index (κ3) is 5.10. The molecule has 1 N–H and O–H groups in total. The molecule has 174 valence electrons. The molecule has 2 heterocycles. The number of carbonyl (C=O) groups excluding carboxylic acids is 1. The number of halogens is 4. The molecule has 35 heavy (non-hydrogen) atoms. The van der Waals surface area contributed by atoms with Gasteiger partial charge in [0.1, 0.15) is 16.5 Å². The van der Waals surface area contributed by atoms with Crippen LogP contribution < -0.4 is 5.32 Å². The Hall–Kier alpha value is -2.80. The number of hydrogen-bond donors (Lipinski definition) is 1. The second kappa shape index (κ2) is 10.1. The fourth-order valence-corrected chi connectivity index (χ4v) is 5.38. The van der Waals surface area contributed by atoms with E-state index in [2.05, 4.69) is 10.3 Å². The molecule has 0 saturated carbocycles. The van der Waals surface area contributed by atoms with Gasteiger partial charge in [0.05, 0.1) is 36.0 Å². The molecular formula is C26H14Cl4N2O2S. The van der Waals surface area contributed by atoms with Crippen LogP contribution in [0.4, 0.5) is 5.69 Å². The van der Waals surface area contributed by atoms with Gasteiger partial charge >= 0.3 is 0 Å². The van der Waals surface area contributed by atoms with Crippen molar-refractivity contribution in [3.63, 3.8) is 0 Å². The smallest absolute Gasteiger partial charge is 0.248 e. The van der Waals surface area contributed by atoms with E-state index >= 15 is 0 Å². The van der Waals surface area contributed by atoms with Crippen LogP contribution >= 0.6 is 57.7 Å². The van der Waals surface area contributed by atoms with Crippen molar-refractivity contribution >= 4 is 85.6 Å². The van der Waals surface area contributed by atoms with E-state index in [4.69, 9.17) is 50.8 Å². The number of carbonyl (C=O) groups is 1. The van der Waals surface area contributed by atoms with Gasteiger partial charge in [-0.2, -0.15) is 0 Å². The van der Waals surface area contributed by atoms with E-state index in [0.29, 0.717) is 48.4 Å². The molecule has 4 nitrogen and oxygen atoms in total. The van der Waals surface area contributed by atoms with Crippen molar-refractivity contribution in [2.75, 3.05) is 5.32 Å². The van der Waals surface area contributed by atoms with E-state index in [1.807, 2.05) is 24.3 Å². The Kier molecular flexibility index (Phi) is 6.87. The van der Waals surface area contributed by atoms with Gasteiger partial charge in [0, 0.05) is 17.2 Å². The van der Waals surface area contributed by atoms with Crippen molar-refractivity contribution in [2.24, 2.45) is 0 Å². The number of para-hydroxylation sites is 1. The first-order valence-corrected chi connectivity index (χ1v) is 12.6. The van der Waals surface area contributed by atoms with Gasteiger partial charge in [0.15, 0.2) is 0 Å². The lowest BCUT2D eigenvalue weighted by atomic mass is 10.2. The molecule has 0 bridgehead atoms. The first-order chi connectivity index (χ1) is 16.9. The average Bonchev–Trinajstić information content (AvgIpc) is 3.48. The first-order valence-electron chi connectivity index (χ1n) is 10.3. The Morgan fingerprint density at radius 2 is 1.71 bits per heavy atom. The number of furan rings is 1. The minimum Gasteiger partial charge on any atom is -0.457 e. The largest absolute Gasteiger partial charge is 0.457 e. The predicted molar refractivity (Wildman–Crippen MR) is 147 cm³/mol. The summed E-state index contributed by atoms with van der Waals surface area (Å²) in [5.41, 5.74) is 2.65. The molecule has 0 aliphatic rings. The third-order valence-corrected chi connectivity index (χ3v) is 7.60. The molecule has 0 radical (unpaired) electrons. The molecule has 3 aromatic carbocycles. The molecule has 0 atom stereocenters. The Bertz CT molecular complexity index is 1570. The molecule has 9 heteroatoms. The number of nitrogens with one attached hydrogen (secondary N) is 1. The third-order valence-electron chi connectivity index (χ3n) is 5.08. The lowest BCUT2D eigenvalue weighted by Gasteiger charge is -2.09. The van der Waals surface area contributed by atoms with Crippen LogP contribution in [0.15, 0.2) is 77.2 Å². The predicted octanol–water partition coefficient (Wildman–Crippen LogP) is 9.49. The van der Waals surface area contributed by atoms with Crippen LogP contribution in [-0.2, 0) is 4.79 Å². The summed E-state index contributed by atoms with van der Waals surface area (Å²) in [5, 5.41) is 5.12. The molecule has 1 amide bonds. The highest BCUT2D eigenvalue weighted by Gasteiger charge is 2.15. The zero-order chi connectivity index (χ0) is 24.5. The topological polar surface area (TPSA) is 55.1 Å². The molecule has 0 spiro atoms. The second-order valence-electron chi connectivity index (χ2n) is 7.42. The summed E-state index contributed by atoms with van der Waals surface area (Å²) in [6.45, 7) is 0. The average molecular weight is 560 g/mol. The Balaban J connectivity index is 1.35. The maximum atomic E-state index is 12.6. The van der Waals surface area contributed by atoms with E-state index in [0.717, 1.165) is 15.2 Å². The lowest BCUT2D eigenvalue weighted by molar-refractivity contribution is -0.111. The minimum atomic E-state index is -0.386. The minimum absolute atomic E-state index is 0.317. The highest BCUT2D eigenvalue weighted by atomic mass is 35.5. The number of thiazole rings is 1. The highest BCUT2D eigenvalue weighted by Crippen LogP contribution is 2.39. The Morgan fingerprint density at radius 3 is 2.54 bits per heavy atom. The van der Waals surface area contributed by atoms with Gasteiger partial charge < -0.3 is 9.73 Å². The Morgan fingerprint density at radius 1 is 0.886 bits per heavy atom. The van der Waals surface area contributed by atoms with Gasteiger partial charge in [0.25, 0.3) is 0 Å². The van der Waals surface area contributed by atoms with Crippen LogP contribution in [-0.4, -0.2) is 10.9 Å². The van der Waals surface area contributed by atoms with E-state index < -0.39 is 0 Å². The van der Waals surface area contributed by atoms with Gasteiger partial charge in [-0.15, -0.1) is 11.3 Å². The van der Waals surface area contributed by atoms with Crippen LogP contribution in [0.2, 0.25) is 20.1 Å². The van der Waals surface area contributed by atoms with Gasteiger partial charge in [-0.25, -0.2) is 4.98 Å². The van der Waals surface area contributed by atoms with Crippen LogP contribution in [0, 0.1) is 0 Å². The summed E-state index contributed by atoms with van der Waals surface area (Å²) in [6.07, 6.45) is 2.90. The van der Waals surface area contributed by atoms with E-state index in [1.54, 1.807) is 48.5 Å².